The lowest BCUT2D eigenvalue weighted by Gasteiger charge is -2.20. The summed E-state index contributed by atoms with van der Waals surface area (Å²) in [5, 5.41) is 3.14. The number of rotatable bonds is 8. The summed E-state index contributed by atoms with van der Waals surface area (Å²) in [6, 6.07) is 25.2. The van der Waals surface area contributed by atoms with E-state index in [0.717, 1.165) is 28.4 Å². The van der Waals surface area contributed by atoms with E-state index in [1.807, 2.05) is 54.6 Å². The lowest BCUT2D eigenvalue weighted by molar-refractivity contribution is 0.0913. The molecule has 1 aromatic heterocycles. The van der Waals surface area contributed by atoms with Crippen LogP contribution >= 0.6 is 0 Å². The van der Waals surface area contributed by atoms with Gasteiger partial charge in [-0.05, 0) is 76.6 Å². The zero-order valence-electron chi connectivity index (χ0n) is 22.4. The molecule has 0 saturated heterocycles. The average molecular weight is 498 g/mol. The molecule has 0 aliphatic carbocycles. The predicted octanol–water partition coefficient (Wildman–Crippen LogP) is 7.01. The van der Waals surface area contributed by atoms with Crippen LogP contribution in [-0.4, -0.2) is 20.1 Å². The first-order chi connectivity index (χ1) is 17.7. The van der Waals surface area contributed by atoms with Crippen molar-refractivity contribution in [2.75, 3.05) is 14.2 Å². The molecule has 5 nitrogen and oxygen atoms in total. The van der Waals surface area contributed by atoms with Crippen molar-refractivity contribution in [2.45, 2.75) is 45.6 Å². The molecular formula is C32H35NO4. The van der Waals surface area contributed by atoms with Gasteiger partial charge in [0.2, 0.25) is 0 Å². The molecule has 0 unspecified atom stereocenters. The number of carbonyl (C=O) groups is 1. The van der Waals surface area contributed by atoms with Gasteiger partial charge >= 0.3 is 0 Å². The molecule has 5 heteroatoms. The number of nitrogens with one attached hydrogen (secondary N) is 1. The van der Waals surface area contributed by atoms with Crippen molar-refractivity contribution >= 4 is 5.91 Å². The van der Waals surface area contributed by atoms with Gasteiger partial charge in [-0.25, -0.2) is 0 Å². The highest BCUT2D eigenvalue weighted by Gasteiger charge is 2.21. The molecule has 0 saturated carbocycles. The molecule has 1 heterocycles. The van der Waals surface area contributed by atoms with Crippen LogP contribution in [0.5, 0.6) is 11.5 Å². The number of benzene rings is 3. The molecule has 1 amide bonds. The van der Waals surface area contributed by atoms with Crippen LogP contribution in [0.4, 0.5) is 0 Å². The zero-order valence-corrected chi connectivity index (χ0v) is 22.4. The van der Waals surface area contributed by atoms with Crippen molar-refractivity contribution in [1.29, 1.82) is 0 Å². The normalized spacial score (nSPS) is 11.4. The minimum atomic E-state index is -0.372. The quantitative estimate of drug-likeness (QED) is 0.284. The lowest BCUT2D eigenvalue weighted by atomic mass is 9.85. The molecule has 0 bridgehead atoms. The number of furan rings is 1. The molecule has 4 rings (SSSR count). The molecule has 1 N–H and O–H groups in total. The van der Waals surface area contributed by atoms with Crippen LogP contribution < -0.4 is 14.8 Å². The number of ether oxygens (including phenoxy) is 2. The third-order valence-electron chi connectivity index (χ3n) is 6.64. The number of methoxy groups -OCH3 is 2. The number of amides is 1. The molecule has 0 aliphatic heterocycles. The van der Waals surface area contributed by atoms with Crippen LogP contribution in [0.1, 0.15) is 70.9 Å². The van der Waals surface area contributed by atoms with Crippen LogP contribution in [0.2, 0.25) is 0 Å². The van der Waals surface area contributed by atoms with Crippen LogP contribution in [0.3, 0.4) is 0 Å². The molecule has 0 spiro atoms. The Kier molecular flexibility index (Phi) is 7.72. The van der Waals surface area contributed by atoms with E-state index >= 15 is 0 Å². The molecule has 192 valence electrons. The molecule has 0 fully saturated rings. The SMILES string of the molecule is COc1ccc(C(NC(=O)c2ccc(Cc3cc(C(C)(C)C)ccc3C)o2)c2ccc(OC)cc2)cc1. The zero-order chi connectivity index (χ0) is 26.6. The minimum Gasteiger partial charge on any atom is -0.497 e. The van der Waals surface area contributed by atoms with E-state index in [1.54, 1.807) is 20.3 Å². The summed E-state index contributed by atoms with van der Waals surface area (Å²) in [5.74, 6) is 2.27. The molecule has 0 radical (unpaired) electrons. The molecule has 0 atom stereocenters. The minimum absolute atomic E-state index is 0.0641. The number of hydrogen-bond acceptors (Lipinski definition) is 4. The van der Waals surface area contributed by atoms with E-state index in [-0.39, 0.29) is 23.1 Å². The van der Waals surface area contributed by atoms with Crippen LogP contribution in [0.15, 0.2) is 83.3 Å². The highest BCUT2D eigenvalue weighted by molar-refractivity contribution is 5.92. The van der Waals surface area contributed by atoms with Crippen molar-refractivity contribution in [1.82, 2.24) is 5.32 Å². The number of carbonyl (C=O) groups excluding carboxylic acids is 1. The van der Waals surface area contributed by atoms with Crippen molar-refractivity contribution in [3.8, 4) is 11.5 Å². The number of hydrogen-bond donors (Lipinski definition) is 1. The average Bonchev–Trinajstić information content (AvgIpc) is 3.37. The fraction of sp³-hybridized carbons (Fsp3) is 0.281. The van der Waals surface area contributed by atoms with Gasteiger partial charge in [0.25, 0.3) is 5.91 Å². The lowest BCUT2D eigenvalue weighted by Crippen LogP contribution is -2.29. The summed E-state index contributed by atoms with van der Waals surface area (Å²) < 4.78 is 16.6. The van der Waals surface area contributed by atoms with Crippen molar-refractivity contribution < 1.29 is 18.7 Å². The molecule has 4 aromatic rings. The van der Waals surface area contributed by atoms with Gasteiger partial charge in [-0.2, -0.15) is 0 Å². The Morgan fingerprint density at radius 1 is 0.838 bits per heavy atom. The van der Waals surface area contributed by atoms with E-state index in [2.05, 4.69) is 51.2 Å². The Balaban J connectivity index is 1.56. The Morgan fingerprint density at radius 3 is 1.92 bits per heavy atom. The van der Waals surface area contributed by atoms with Crippen LogP contribution in [-0.2, 0) is 11.8 Å². The highest BCUT2D eigenvalue weighted by atomic mass is 16.5. The third-order valence-corrected chi connectivity index (χ3v) is 6.64. The van der Waals surface area contributed by atoms with E-state index in [1.165, 1.54) is 16.7 Å². The van der Waals surface area contributed by atoms with E-state index in [0.29, 0.717) is 6.42 Å². The van der Waals surface area contributed by atoms with E-state index in [9.17, 15) is 4.79 Å². The Labute approximate surface area is 219 Å². The van der Waals surface area contributed by atoms with Crippen molar-refractivity contribution in [3.63, 3.8) is 0 Å². The second kappa shape index (κ2) is 11.0. The standard InChI is InChI=1S/C32H35NO4/c1-21-7-12-25(32(2,3)4)19-24(21)20-28-17-18-29(37-28)31(34)33-30(22-8-13-26(35-5)14-9-22)23-10-15-27(36-6)16-11-23/h7-19,30H,20H2,1-6H3,(H,33,34). The van der Waals surface area contributed by atoms with Gasteiger partial charge in [-0.15, -0.1) is 0 Å². The van der Waals surface area contributed by atoms with Gasteiger partial charge in [0, 0.05) is 6.42 Å². The Bertz CT molecular complexity index is 1300. The molecule has 0 aliphatic rings. The van der Waals surface area contributed by atoms with E-state index < -0.39 is 0 Å². The number of aryl methyl sites for hydroxylation is 1. The smallest absolute Gasteiger partial charge is 0.287 e. The van der Waals surface area contributed by atoms with E-state index in [4.69, 9.17) is 13.9 Å². The van der Waals surface area contributed by atoms with Crippen LogP contribution in [0, 0.1) is 6.92 Å². The topological polar surface area (TPSA) is 60.7 Å². The van der Waals surface area contributed by atoms with Crippen molar-refractivity contribution in [3.05, 3.63) is 118 Å². The summed E-state index contributed by atoms with van der Waals surface area (Å²) in [6.07, 6.45) is 0.628. The summed E-state index contributed by atoms with van der Waals surface area (Å²) >= 11 is 0. The maximum absolute atomic E-state index is 13.3. The largest absolute Gasteiger partial charge is 0.497 e. The van der Waals surface area contributed by atoms with Crippen LogP contribution in [0.25, 0.3) is 0 Å². The summed E-state index contributed by atoms with van der Waals surface area (Å²) in [6.45, 7) is 8.73. The van der Waals surface area contributed by atoms with Gasteiger partial charge in [0.1, 0.15) is 17.3 Å². The second-order valence-corrected chi connectivity index (χ2v) is 10.3. The van der Waals surface area contributed by atoms with Crippen molar-refractivity contribution in [2.24, 2.45) is 0 Å². The first kappa shape index (κ1) is 26.1. The Morgan fingerprint density at radius 2 is 1.41 bits per heavy atom. The highest BCUT2D eigenvalue weighted by Crippen LogP contribution is 2.28. The van der Waals surface area contributed by atoms with Gasteiger partial charge in [-0.3, -0.25) is 4.79 Å². The maximum atomic E-state index is 13.3. The van der Waals surface area contributed by atoms with Gasteiger partial charge in [0.05, 0.1) is 20.3 Å². The monoisotopic (exact) mass is 497 g/mol. The fourth-order valence-corrected chi connectivity index (χ4v) is 4.27. The summed E-state index contributed by atoms with van der Waals surface area (Å²) in [4.78, 5) is 13.3. The second-order valence-electron chi connectivity index (χ2n) is 10.3. The Hall–Kier alpha value is -3.99. The predicted molar refractivity (Wildman–Crippen MR) is 147 cm³/mol. The molecule has 37 heavy (non-hydrogen) atoms. The maximum Gasteiger partial charge on any atom is 0.287 e. The first-order valence-electron chi connectivity index (χ1n) is 12.5. The van der Waals surface area contributed by atoms with Gasteiger partial charge < -0.3 is 19.2 Å². The third kappa shape index (κ3) is 6.23. The fourth-order valence-electron chi connectivity index (χ4n) is 4.27. The van der Waals surface area contributed by atoms with Gasteiger partial charge in [-0.1, -0.05) is 63.2 Å². The molecular weight excluding hydrogens is 462 g/mol. The molecule has 3 aromatic carbocycles. The first-order valence-corrected chi connectivity index (χ1v) is 12.5. The van der Waals surface area contributed by atoms with Gasteiger partial charge in [0.15, 0.2) is 5.76 Å². The summed E-state index contributed by atoms with van der Waals surface area (Å²) in [5.41, 5.74) is 5.60. The summed E-state index contributed by atoms with van der Waals surface area (Å²) in [7, 11) is 3.26.